The van der Waals surface area contributed by atoms with E-state index in [0.717, 1.165) is 32.7 Å². The Morgan fingerprint density at radius 1 is 0.852 bits per heavy atom. The highest BCUT2D eigenvalue weighted by Crippen LogP contribution is 2.11. The van der Waals surface area contributed by atoms with Crippen LogP contribution in [0, 0.1) is 22.7 Å². The summed E-state index contributed by atoms with van der Waals surface area (Å²) in [4.78, 5) is 16.7. The van der Waals surface area contributed by atoms with Crippen molar-refractivity contribution < 1.29 is 4.79 Å². The lowest BCUT2D eigenvalue weighted by Gasteiger charge is -2.34. The first-order chi connectivity index (χ1) is 13.2. The van der Waals surface area contributed by atoms with Gasteiger partial charge in [0.25, 0.3) is 0 Å². The third-order valence-electron chi connectivity index (χ3n) is 4.62. The van der Waals surface area contributed by atoms with Crippen LogP contribution in [-0.2, 0) is 11.3 Å². The maximum absolute atomic E-state index is 12.2. The summed E-state index contributed by atoms with van der Waals surface area (Å²) in [5, 5.41) is 20.5. The number of hydrogen-bond acceptors (Lipinski definition) is 5. The van der Waals surface area contributed by atoms with Crippen molar-refractivity contribution in [2.24, 2.45) is 0 Å². The van der Waals surface area contributed by atoms with Gasteiger partial charge in [-0.05, 0) is 42.0 Å². The average Bonchev–Trinajstić information content (AvgIpc) is 2.70. The van der Waals surface area contributed by atoms with Gasteiger partial charge in [0.1, 0.15) is 0 Å². The van der Waals surface area contributed by atoms with E-state index in [1.165, 1.54) is 5.56 Å². The molecule has 1 aliphatic rings. The van der Waals surface area contributed by atoms with Crippen LogP contribution >= 0.6 is 0 Å². The number of carbonyl (C=O) groups is 1. The highest BCUT2D eigenvalue weighted by atomic mass is 16.2. The van der Waals surface area contributed by atoms with Gasteiger partial charge in [-0.25, -0.2) is 0 Å². The van der Waals surface area contributed by atoms with E-state index < -0.39 is 0 Å². The Morgan fingerprint density at radius 2 is 1.37 bits per heavy atom. The lowest BCUT2D eigenvalue weighted by atomic mass is 10.1. The van der Waals surface area contributed by atoms with Crippen molar-refractivity contribution in [2.45, 2.75) is 6.54 Å². The van der Waals surface area contributed by atoms with Gasteiger partial charge in [0.2, 0.25) is 5.91 Å². The monoisotopic (exact) mass is 359 g/mol. The van der Waals surface area contributed by atoms with Crippen LogP contribution in [0.5, 0.6) is 0 Å². The summed E-state index contributed by atoms with van der Waals surface area (Å²) in [7, 11) is 0. The van der Waals surface area contributed by atoms with E-state index >= 15 is 0 Å². The fourth-order valence-corrected chi connectivity index (χ4v) is 3.08. The van der Waals surface area contributed by atoms with E-state index in [1.54, 1.807) is 24.3 Å². The van der Waals surface area contributed by atoms with Gasteiger partial charge in [0, 0.05) is 38.4 Å². The summed E-state index contributed by atoms with van der Waals surface area (Å²) >= 11 is 0. The fraction of sp³-hybridized carbons (Fsp3) is 0.286. The quantitative estimate of drug-likeness (QED) is 0.885. The molecule has 0 spiro atoms. The van der Waals surface area contributed by atoms with Crippen LogP contribution in [0.1, 0.15) is 16.7 Å². The van der Waals surface area contributed by atoms with E-state index in [0.29, 0.717) is 23.4 Å². The highest BCUT2D eigenvalue weighted by molar-refractivity contribution is 5.92. The first-order valence-corrected chi connectivity index (χ1v) is 8.90. The van der Waals surface area contributed by atoms with Crippen LogP contribution in [0.2, 0.25) is 0 Å². The zero-order valence-corrected chi connectivity index (χ0v) is 15.1. The molecule has 136 valence electrons. The van der Waals surface area contributed by atoms with Crippen LogP contribution in [0.15, 0.2) is 48.5 Å². The Labute approximate surface area is 159 Å². The van der Waals surface area contributed by atoms with Crippen molar-refractivity contribution in [3.63, 3.8) is 0 Å². The molecule has 0 atom stereocenters. The van der Waals surface area contributed by atoms with Crippen molar-refractivity contribution >= 4 is 11.6 Å². The second-order valence-corrected chi connectivity index (χ2v) is 6.60. The Hall–Kier alpha value is -3.19. The molecule has 2 aromatic carbocycles. The smallest absolute Gasteiger partial charge is 0.238 e. The predicted octanol–water partition coefficient (Wildman–Crippen LogP) is 2.19. The van der Waals surface area contributed by atoms with Gasteiger partial charge in [0.05, 0.1) is 29.8 Å². The first-order valence-electron chi connectivity index (χ1n) is 8.90. The number of amides is 1. The average molecular weight is 359 g/mol. The summed E-state index contributed by atoms with van der Waals surface area (Å²) in [6, 6.07) is 18.7. The van der Waals surface area contributed by atoms with Gasteiger partial charge in [-0.15, -0.1) is 0 Å². The molecule has 6 heteroatoms. The Balaban J connectivity index is 1.42. The molecular formula is C21H21N5O. The molecule has 0 aromatic heterocycles. The van der Waals surface area contributed by atoms with E-state index in [4.69, 9.17) is 10.5 Å². The maximum atomic E-state index is 12.2. The number of nitrogens with one attached hydrogen (secondary N) is 1. The molecule has 3 rings (SSSR count). The molecule has 1 N–H and O–H groups in total. The summed E-state index contributed by atoms with van der Waals surface area (Å²) in [5.74, 6) is -0.0414. The van der Waals surface area contributed by atoms with Crippen LogP contribution in [0.4, 0.5) is 5.69 Å². The molecule has 0 aliphatic carbocycles. The molecule has 1 saturated heterocycles. The molecule has 1 heterocycles. The molecule has 1 fully saturated rings. The number of carbonyl (C=O) groups excluding carboxylic acids is 1. The normalized spacial score (nSPS) is 14.9. The second-order valence-electron chi connectivity index (χ2n) is 6.60. The van der Waals surface area contributed by atoms with E-state index in [1.807, 2.05) is 24.3 Å². The number of nitrogens with zero attached hydrogens (tertiary/aromatic N) is 4. The van der Waals surface area contributed by atoms with Crippen molar-refractivity contribution in [2.75, 3.05) is 38.0 Å². The zero-order chi connectivity index (χ0) is 19.1. The summed E-state index contributed by atoms with van der Waals surface area (Å²) < 4.78 is 0. The SMILES string of the molecule is N#Cc1ccc(CN2CCN(CC(=O)Nc3ccc(C#N)cc3)CC2)cc1. The van der Waals surface area contributed by atoms with E-state index in [9.17, 15) is 4.79 Å². The number of rotatable bonds is 5. The van der Waals surface area contributed by atoms with Crippen molar-refractivity contribution in [1.29, 1.82) is 10.5 Å². The predicted molar refractivity (Wildman–Crippen MR) is 103 cm³/mol. The van der Waals surface area contributed by atoms with Gasteiger partial charge in [0.15, 0.2) is 0 Å². The van der Waals surface area contributed by atoms with E-state index in [2.05, 4.69) is 27.3 Å². The molecule has 0 bridgehead atoms. The molecule has 0 unspecified atom stereocenters. The number of benzene rings is 2. The van der Waals surface area contributed by atoms with Crippen molar-refractivity contribution in [3.8, 4) is 12.1 Å². The molecule has 1 aliphatic heterocycles. The van der Waals surface area contributed by atoms with Gasteiger partial charge in [-0.3, -0.25) is 14.6 Å². The van der Waals surface area contributed by atoms with Crippen molar-refractivity contribution in [1.82, 2.24) is 9.80 Å². The largest absolute Gasteiger partial charge is 0.325 e. The third-order valence-corrected chi connectivity index (χ3v) is 4.62. The minimum Gasteiger partial charge on any atom is -0.325 e. The molecule has 2 aromatic rings. The Bertz CT molecular complexity index is 853. The van der Waals surface area contributed by atoms with Gasteiger partial charge < -0.3 is 5.32 Å². The number of anilines is 1. The lowest BCUT2D eigenvalue weighted by molar-refractivity contribution is -0.117. The van der Waals surface area contributed by atoms with Crippen LogP contribution < -0.4 is 5.32 Å². The molecule has 0 radical (unpaired) electrons. The number of piperazine rings is 1. The summed E-state index contributed by atoms with van der Waals surface area (Å²) in [6.07, 6.45) is 0. The fourth-order valence-electron chi connectivity index (χ4n) is 3.08. The minimum absolute atomic E-state index is 0.0414. The molecule has 1 amide bonds. The second kappa shape index (κ2) is 8.95. The summed E-state index contributed by atoms with van der Waals surface area (Å²) in [5.41, 5.74) is 3.16. The number of nitriles is 2. The third kappa shape index (κ3) is 5.39. The molecular weight excluding hydrogens is 338 g/mol. The van der Waals surface area contributed by atoms with Gasteiger partial charge in [-0.1, -0.05) is 12.1 Å². The first kappa shape index (κ1) is 18.6. The zero-order valence-electron chi connectivity index (χ0n) is 15.1. The molecule has 27 heavy (non-hydrogen) atoms. The topological polar surface area (TPSA) is 83.2 Å². The highest BCUT2D eigenvalue weighted by Gasteiger charge is 2.19. The Kier molecular flexibility index (Phi) is 6.17. The molecule has 6 nitrogen and oxygen atoms in total. The summed E-state index contributed by atoms with van der Waals surface area (Å²) in [6.45, 7) is 4.73. The van der Waals surface area contributed by atoms with Crippen LogP contribution in [0.3, 0.4) is 0 Å². The number of hydrogen-bond donors (Lipinski definition) is 1. The standard InChI is InChI=1S/C21H21N5O/c22-13-17-1-3-19(4-2-17)15-25-9-11-26(12-10-25)16-21(27)24-20-7-5-18(14-23)6-8-20/h1-8H,9-12,15-16H2,(H,24,27). The Morgan fingerprint density at radius 3 is 1.93 bits per heavy atom. The lowest BCUT2D eigenvalue weighted by Crippen LogP contribution is -2.48. The van der Waals surface area contributed by atoms with Crippen LogP contribution in [-0.4, -0.2) is 48.4 Å². The van der Waals surface area contributed by atoms with Gasteiger partial charge >= 0.3 is 0 Å². The van der Waals surface area contributed by atoms with Crippen LogP contribution in [0.25, 0.3) is 0 Å². The molecule has 0 saturated carbocycles. The van der Waals surface area contributed by atoms with Crippen molar-refractivity contribution in [3.05, 3.63) is 65.2 Å². The minimum atomic E-state index is -0.0414. The van der Waals surface area contributed by atoms with Gasteiger partial charge in [-0.2, -0.15) is 10.5 Å². The maximum Gasteiger partial charge on any atom is 0.238 e. The van der Waals surface area contributed by atoms with E-state index in [-0.39, 0.29) is 5.91 Å².